The molecule has 1 fully saturated rings. The second-order valence-electron chi connectivity index (χ2n) is 6.60. The number of nitrogens with one attached hydrogen (secondary N) is 1. The number of thioether (sulfide) groups is 1. The van der Waals surface area contributed by atoms with Gasteiger partial charge in [0.2, 0.25) is 5.91 Å². The van der Waals surface area contributed by atoms with Gasteiger partial charge in [-0.05, 0) is 49.4 Å². The predicted octanol–water partition coefficient (Wildman–Crippen LogP) is 3.60. The second kappa shape index (κ2) is 7.92. The predicted molar refractivity (Wildman–Crippen MR) is 109 cm³/mol. The number of rotatable bonds is 4. The highest BCUT2D eigenvalue weighted by molar-refractivity contribution is 7.98. The molecule has 0 bridgehead atoms. The molecule has 1 aliphatic heterocycles. The Labute approximate surface area is 162 Å². The number of carbonyl (C=O) groups excluding carboxylic acids is 1. The molecule has 1 amide bonds. The number of anilines is 2. The largest absolute Gasteiger partial charge is 0.369 e. The standard InChI is InChI=1S/C20H21N5OS/c1-27-17-6-4-15(5-7-17)24-20(26)14-3-2-10-25(13-14)16-11-18-19(23-12-16)22-9-8-21-18/h4-9,11-12,14H,2-3,10,13H2,1H3,(H,24,26). The molecule has 6 nitrogen and oxygen atoms in total. The quantitative estimate of drug-likeness (QED) is 0.699. The van der Waals surface area contributed by atoms with Crippen LogP contribution >= 0.6 is 11.8 Å². The summed E-state index contributed by atoms with van der Waals surface area (Å²) in [5, 5.41) is 3.05. The number of hydrogen-bond donors (Lipinski definition) is 1. The Morgan fingerprint density at radius 2 is 2.00 bits per heavy atom. The number of hydrogen-bond acceptors (Lipinski definition) is 6. The van der Waals surface area contributed by atoms with Gasteiger partial charge in [-0.25, -0.2) is 9.97 Å². The molecule has 27 heavy (non-hydrogen) atoms. The van der Waals surface area contributed by atoms with Gasteiger partial charge in [0.05, 0.1) is 17.8 Å². The molecule has 1 unspecified atom stereocenters. The maximum absolute atomic E-state index is 12.7. The first kappa shape index (κ1) is 17.7. The molecule has 0 spiro atoms. The van der Waals surface area contributed by atoms with E-state index < -0.39 is 0 Å². The van der Waals surface area contributed by atoms with Crippen molar-refractivity contribution in [3.63, 3.8) is 0 Å². The minimum atomic E-state index is -0.0449. The molecule has 0 aliphatic carbocycles. The summed E-state index contributed by atoms with van der Waals surface area (Å²) in [7, 11) is 0. The summed E-state index contributed by atoms with van der Waals surface area (Å²) in [5.74, 6) is 0.0293. The topological polar surface area (TPSA) is 71.0 Å². The van der Waals surface area contributed by atoms with Crippen LogP contribution in [-0.4, -0.2) is 40.2 Å². The molecular formula is C20H21N5OS. The first-order chi connectivity index (χ1) is 13.2. The maximum Gasteiger partial charge on any atom is 0.229 e. The molecule has 4 rings (SSSR count). The van der Waals surface area contributed by atoms with E-state index in [1.54, 1.807) is 24.2 Å². The Hall–Kier alpha value is -2.67. The van der Waals surface area contributed by atoms with Crippen molar-refractivity contribution in [2.24, 2.45) is 5.92 Å². The Balaban J connectivity index is 1.45. The molecule has 138 valence electrons. The van der Waals surface area contributed by atoms with Gasteiger partial charge in [-0.15, -0.1) is 11.8 Å². The highest BCUT2D eigenvalue weighted by Crippen LogP contribution is 2.25. The van der Waals surface area contributed by atoms with Crippen molar-refractivity contribution in [1.29, 1.82) is 0 Å². The zero-order valence-corrected chi connectivity index (χ0v) is 15.9. The number of nitrogens with zero attached hydrogens (tertiary/aromatic N) is 4. The molecule has 3 heterocycles. The molecule has 1 N–H and O–H groups in total. The van der Waals surface area contributed by atoms with E-state index in [9.17, 15) is 4.79 Å². The fourth-order valence-electron chi connectivity index (χ4n) is 3.36. The fraction of sp³-hybridized carbons (Fsp3) is 0.300. The fourth-order valence-corrected chi connectivity index (χ4v) is 3.77. The van der Waals surface area contributed by atoms with Crippen molar-refractivity contribution in [2.75, 3.05) is 29.6 Å². The first-order valence-corrected chi connectivity index (χ1v) is 10.2. The van der Waals surface area contributed by atoms with E-state index in [4.69, 9.17) is 0 Å². The van der Waals surface area contributed by atoms with Crippen LogP contribution in [0.4, 0.5) is 11.4 Å². The number of benzene rings is 1. The van der Waals surface area contributed by atoms with Crippen LogP contribution in [0, 0.1) is 5.92 Å². The maximum atomic E-state index is 12.7. The lowest BCUT2D eigenvalue weighted by Gasteiger charge is -2.33. The van der Waals surface area contributed by atoms with E-state index in [1.165, 1.54) is 4.90 Å². The lowest BCUT2D eigenvalue weighted by Crippen LogP contribution is -2.40. The van der Waals surface area contributed by atoms with Gasteiger partial charge in [0.25, 0.3) is 0 Å². The third-order valence-electron chi connectivity index (χ3n) is 4.82. The zero-order valence-electron chi connectivity index (χ0n) is 15.1. The molecule has 2 aromatic heterocycles. The Kier molecular flexibility index (Phi) is 5.20. The minimum Gasteiger partial charge on any atom is -0.369 e. The summed E-state index contributed by atoms with van der Waals surface area (Å²) in [6.45, 7) is 1.60. The van der Waals surface area contributed by atoms with Crippen LogP contribution in [0.15, 0.2) is 53.8 Å². The van der Waals surface area contributed by atoms with Gasteiger partial charge >= 0.3 is 0 Å². The summed E-state index contributed by atoms with van der Waals surface area (Å²) < 4.78 is 0. The van der Waals surface area contributed by atoms with E-state index in [-0.39, 0.29) is 11.8 Å². The van der Waals surface area contributed by atoms with Crippen LogP contribution in [-0.2, 0) is 4.79 Å². The van der Waals surface area contributed by atoms with Crippen molar-refractivity contribution in [1.82, 2.24) is 15.0 Å². The molecule has 1 aliphatic rings. The van der Waals surface area contributed by atoms with Gasteiger partial charge in [0.1, 0.15) is 5.52 Å². The average Bonchev–Trinajstić information content (AvgIpc) is 2.74. The Morgan fingerprint density at radius 1 is 1.19 bits per heavy atom. The summed E-state index contributed by atoms with van der Waals surface area (Å²) in [4.78, 5) is 29.1. The monoisotopic (exact) mass is 379 g/mol. The molecule has 1 aromatic carbocycles. The van der Waals surface area contributed by atoms with Crippen molar-refractivity contribution >= 4 is 40.2 Å². The Morgan fingerprint density at radius 3 is 2.81 bits per heavy atom. The number of fused-ring (bicyclic) bond motifs is 1. The van der Waals surface area contributed by atoms with Crippen LogP contribution in [0.25, 0.3) is 11.2 Å². The van der Waals surface area contributed by atoms with Crippen molar-refractivity contribution in [3.8, 4) is 0 Å². The average molecular weight is 379 g/mol. The van der Waals surface area contributed by atoms with Crippen LogP contribution < -0.4 is 10.2 Å². The van der Waals surface area contributed by atoms with Crippen molar-refractivity contribution in [3.05, 3.63) is 48.9 Å². The van der Waals surface area contributed by atoms with Gasteiger partial charge in [0, 0.05) is 36.1 Å². The minimum absolute atomic E-state index is 0.0449. The summed E-state index contributed by atoms with van der Waals surface area (Å²) in [6, 6.07) is 9.95. The SMILES string of the molecule is CSc1ccc(NC(=O)C2CCCN(c3cnc4nccnc4c3)C2)cc1. The van der Waals surface area contributed by atoms with Gasteiger partial charge in [0.15, 0.2) is 5.65 Å². The molecule has 7 heteroatoms. The van der Waals surface area contributed by atoms with Gasteiger partial charge in [-0.2, -0.15) is 0 Å². The third kappa shape index (κ3) is 4.03. The van der Waals surface area contributed by atoms with Crippen LogP contribution in [0.1, 0.15) is 12.8 Å². The third-order valence-corrected chi connectivity index (χ3v) is 5.57. The number of aromatic nitrogens is 3. The first-order valence-electron chi connectivity index (χ1n) is 8.99. The molecule has 3 aromatic rings. The zero-order chi connectivity index (χ0) is 18.6. The van der Waals surface area contributed by atoms with E-state index in [2.05, 4.69) is 25.2 Å². The van der Waals surface area contributed by atoms with E-state index in [0.717, 1.165) is 36.3 Å². The molecule has 0 radical (unpaired) electrons. The lowest BCUT2D eigenvalue weighted by atomic mass is 9.96. The van der Waals surface area contributed by atoms with E-state index in [0.29, 0.717) is 12.2 Å². The summed E-state index contributed by atoms with van der Waals surface area (Å²) in [5.41, 5.74) is 3.25. The smallest absolute Gasteiger partial charge is 0.229 e. The molecule has 1 atom stereocenters. The van der Waals surface area contributed by atoms with Crippen LogP contribution in [0.2, 0.25) is 0 Å². The molecule has 1 saturated heterocycles. The van der Waals surface area contributed by atoms with Crippen molar-refractivity contribution in [2.45, 2.75) is 17.7 Å². The van der Waals surface area contributed by atoms with Crippen LogP contribution in [0.5, 0.6) is 0 Å². The van der Waals surface area contributed by atoms with Gasteiger partial charge in [-0.1, -0.05) is 0 Å². The Bertz CT molecular complexity index is 947. The normalized spacial score (nSPS) is 17.1. The van der Waals surface area contributed by atoms with E-state index >= 15 is 0 Å². The number of piperidine rings is 1. The van der Waals surface area contributed by atoms with Crippen molar-refractivity contribution < 1.29 is 4.79 Å². The highest BCUT2D eigenvalue weighted by atomic mass is 32.2. The number of pyridine rings is 1. The molecule has 0 saturated carbocycles. The lowest BCUT2D eigenvalue weighted by molar-refractivity contribution is -0.120. The van der Waals surface area contributed by atoms with Gasteiger partial charge in [-0.3, -0.25) is 9.78 Å². The number of amides is 1. The molecular weight excluding hydrogens is 358 g/mol. The van der Waals surface area contributed by atoms with Gasteiger partial charge < -0.3 is 10.2 Å². The second-order valence-corrected chi connectivity index (χ2v) is 7.48. The van der Waals surface area contributed by atoms with Crippen LogP contribution in [0.3, 0.4) is 0 Å². The summed E-state index contributed by atoms with van der Waals surface area (Å²) in [6.07, 6.45) is 9.04. The summed E-state index contributed by atoms with van der Waals surface area (Å²) >= 11 is 1.69. The number of carbonyl (C=O) groups is 1. The highest BCUT2D eigenvalue weighted by Gasteiger charge is 2.26. The van der Waals surface area contributed by atoms with E-state index in [1.807, 2.05) is 42.8 Å².